The predicted molar refractivity (Wildman–Crippen MR) is 56.6 cm³/mol. The number of alkyl halides is 3. The van der Waals surface area contributed by atoms with Crippen LogP contribution in [0.2, 0.25) is 0 Å². The number of halogens is 3. The van der Waals surface area contributed by atoms with Crippen molar-refractivity contribution in [1.82, 2.24) is 0 Å². The van der Waals surface area contributed by atoms with Gasteiger partial charge in [0.2, 0.25) is 5.91 Å². The van der Waals surface area contributed by atoms with Crippen LogP contribution in [0.4, 0.5) is 18.9 Å². The van der Waals surface area contributed by atoms with Crippen LogP contribution in [0.5, 0.6) is 0 Å². The first-order valence-electron chi connectivity index (χ1n) is 4.59. The molecular formula is C10H10F3N3O. The lowest BCUT2D eigenvalue weighted by Crippen LogP contribution is -2.22. The van der Waals surface area contributed by atoms with Gasteiger partial charge in [0.05, 0.1) is 17.7 Å². The molecule has 1 aromatic carbocycles. The monoisotopic (exact) mass is 245 g/mol. The van der Waals surface area contributed by atoms with Crippen molar-refractivity contribution >= 4 is 17.4 Å². The minimum atomic E-state index is -4.54. The maximum Gasteiger partial charge on any atom is 0.418 e. The van der Waals surface area contributed by atoms with Crippen LogP contribution in [-0.2, 0) is 11.0 Å². The number of rotatable bonds is 3. The van der Waals surface area contributed by atoms with Crippen molar-refractivity contribution in [2.24, 2.45) is 5.73 Å². The first-order chi connectivity index (χ1) is 7.80. The molecule has 7 heteroatoms. The van der Waals surface area contributed by atoms with Gasteiger partial charge in [0.1, 0.15) is 5.84 Å². The van der Waals surface area contributed by atoms with Gasteiger partial charge in [0.15, 0.2) is 0 Å². The zero-order valence-corrected chi connectivity index (χ0v) is 8.64. The number of nitrogens with one attached hydrogen (secondary N) is 2. The van der Waals surface area contributed by atoms with E-state index in [2.05, 4.69) is 5.32 Å². The first kappa shape index (κ1) is 13.0. The lowest BCUT2D eigenvalue weighted by molar-refractivity contribution is -0.137. The fourth-order valence-corrected chi connectivity index (χ4v) is 1.21. The molecule has 0 unspecified atom stereocenters. The largest absolute Gasteiger partial charge is 0.418 e. The van der Waals surface area contributed by atoms with Gasteiger partial charge in [-0.3, -0.25) is 10.2 Å². The zero-order chi connectivity index (χ0) is 13.1. The van der Waals surface area contributed by atoms with Gasteiger partial charge >= 0.3 is 6.18 Å². The number of carbonyl (C=O) groups is 1. The Kier molecular flexibility index (Phi) is 3.72. The summed E-state index contributed by atoms with van der Waals surface area (Å²) < 4.78 is 37.6. The van der Waals surface area contributed by atoms with Gasteiger partial charge in [-0.05, 0) is 12.1 Å². The standard InChI is InChI=1S/C10H10F3N3O/c11-10(12,13)6-3-1-2-4-7(6)16-9(17)5-8(14)15/h1-4H,5H2,(H3,14,15)(H,16,17). The van der Waals surface area contributed by atoms with E-state index in [1.54, 1.807) is 0 Å². The van der Waals surface area contributed by atoms with Crippen molar-refractivity contribution in [1.29, 1.82) is 5.41 Å². The average Bonchev–Trinajstić information content (AvgIpc) is 2.15. The van der Waals surface area contributed by atoms with E-state index in [0.717, 1.165) is 12.1 Å². The summed E-state index contributed by atoms with van der Waals surface area (Å²) in [5.74, 6) is -1.17. The maximum absolute atomic E-state index is 12.5. The topological polar surface area (TPSA) is 79.0 Å². The number of para-hydroxylation sites is 1. The minimum absolute atomic E-state index is 0.341. The Morgan fingerprint density at radius 2 is 1.94 bits per heavy atom. The van der Waals surface area contributed by atoms with Gasteiger partial charge < -0.3 is 11.1 Å². The minimum Gasteiger partial charge on any atom is -0.387 e. The van der Waals surface area contributed by atoms with Crippen LogP contribution in [0.15, 0.2) is 24.3 Å². The fraction of sp³-hybridized carbons (Fsp3) is 0.200. The molecule has 4 N–H and O–H groups in total. The van der Waals surface area contributed by atoms with Crippen LogP contribution < -0.4 is 11.1 Å². The third-order valence-electron chi connectivity index (χ3n) is 1.86. The van der Waals surface area contributed by atoms with Crippen LogP contribution in [0.25, 0.3) is 0 Å². The Morgan fingerprint density at radius 1 is 1.35 bits per heavy atom. The number of anilines is 1. The van der Waals surface area contributed by atoms with Crippen LogP contribution in [0.3, 0.4) is 0 Å². The van der Waals surface area contributed by atoms with Gasteiger partial charge in [0, 0.05) is 0 Å². The summed E-state index contributed by atoms with van der Waals surface area (Å²) in [4.78, 5) is 11.2. The van der Waals surface area contributed by atoms with Crippen molar-refractivity contribution in [3.63, 3.8) is 0 Å². The van der Waals surface area contributed by atoms with Gasteiger partial charge in [-0.25, -0.2) is 0 Å². The molecule has 1 rings (SSSR count). The Balaban J connectivity index is 2.92. The van der Waals surface area contributed by atoms with Gasteiger partial charge in [-0.1, -0.05) is 12.1 Å². The molecule has 0 fully saturated rings. The molecule has 0 radical (unpaired) electrons. The normalized spacial score (nSPS) is 11.0. The molecular weight excluding hydrogens is 235 g/mol. The van der Waals surface area contributed by atoms with Crippen molar-refractivity contribution < 1.29 is 18.0 Å². The molecule has 4 nitrogen and oxygen atoms in total. The molecule has 0 aliphatic carbocycles. The molecule has 0 aromatic heterocycles. The van der Waals surface area contributed by atoms with Crippen molar-refractivity contribution in [3.05, 3.63) is 29.8 Å². The molecule has 0 saturated heterocycles. The van der Waals surface area contributed by atoms with E-state index in [4.69, 9.17) is 11.1 Å². The summed E-state index contributed by atoms with van der Waals surface area (Å²) in [6, 6.07) is 4.60. The molecule has 92 valence electrons. The second-order valence-corrected chi connectivity index (χ2v) is 3.29. The predicted octanol–water partition coefficient (Wildman–Crippen LogP) is 1.97. The van der Waals surface area contributed by atoms with Gasteiger partial charge in [0.25, 0.3) is 0 Å². The zero-order valence-electron chi connectivity index (χ0n) is 8.64. The summed E-state index contributed by atoms with van der Waals surface area (Å²) >= 11 is 0. The molecule has 0 aliphatic heterocycles. The summed E-state index contributed by atoms with van der Waals surface area (Å²) in [6.45, 7) is 0. The fourth-order valence-electron chi connectivity index (χ4n) is 1.21. The SMILES string of the molecule is N=C(N)CC(=O)Nc1ccccc1C(F)(F)F. The van der Waals surface area contributed by atoms with E-state index in [1.165, 1.54) is 12.1 Å². The summed E-state index contributed by atoms with van der Waals surface area (Å²) in [6.07, 6.45) is -4.98. The summed E-state index contributed by atoms with van der Waals surface area (Å²) in [5.41, 5.74) is 3.70. The molecule has 0 heterocycles. The lowest BCUT2D eigenvalue weighted by Gasteiger charge is -2.13. The molecule has 17 heavy (non-hydrogen) atoms. The van der Waals surface area contributed by atoms with Crippen LogP contribution >= 0.6 is 0 Å². The highest BCUT2D eigenvalue weighted by molar-refractivity contribution is 6.04. The van der Waals surface area contributed by atoms with E-state index >= 15 is 0 Å². The maximum atomic E-state index is 12.5. The molecule has 0 atom stereocenters. The third-order valence-corrected chi connectivity index (χ3v) is 1.86. The van der Waals surface area contributed by atoms with E-state index < -0.39 is 29.9 Å². The highest BCUT2D eigenvalue weighted by atomic mass is 19.4. The van der Waals surface area contributed by atoms with Gasteiger partial charge in [-0.15, -0.1) is 0 Å². The smallest absolute Gasteiger partial charge is 0.387 e. The Morgan fingerprint density at radius 3 is 2.47 bits per heavy atom. The van der Waals surface area contributed by atoms with Crippen LogP contribution in [0.1, 0.15) is 12.0 Å². The van der Waals surface area contributed by atoms with E-state index in [9.17, 15) is 18.0 Å². The molecule has 1 aromatic rings. The number of hydrogen-bond donors (Lipinski definition) is 3. The molecule has 0 spiro atoms. The Bertz CT molecular complexity index is 443. The molecule has 1 amide bonds. The quantitative estimate of drug-likeness (QED) is 0.562. The number of carbonyl (C=O) groups excluding carboxylic acids is 1. The van der Waals surface area contributed by atoms with Crippen molar-refractivity contribution in [3.8, 4) is 0 Å². The molecule has 0 saturated carbocycles. The number of amides is 1. The lowest BCUT2D eigenvalue weighted by atomic mass is 10.1. The Labute approximate surface area is 95.1 Å². The van der Waals surface area contributed by atoms with E-state index in [-0.39, 0.29) is 5.69 Å². The van der Waals surface area contributed by atoms with Crippen LogP contribution in [0, 0.1) is 5.41 Å². The molecule has 0 aliphatic rings. The van der Waals surface area contributed by atoms with Crippen LogP contribution in [-0.4, -0.2) is 11.7 Å². The van der Waals surface area contributed by atoms with E-state index in [1.807, 2.05) is 0 Å². The van der Waals surface area contributed by atoms with Crippen molar-refractivity contribution in [2.45, 2.75) is 12.6 Å². The highest BCUT2D eigenvalue weighted by Gasteiger charge is 2.33. The second kappa shape index (κ2) is 4.86. The number of nitrogens with two attached hydrogens (primary N) is 1. The Hall–Kier alpha value is -2.05. The van der Waals surface area contributed by atoms with Crippen molar-refractivity contribution in [2.75, 3.05) is 5.32 Å². The van der Waals surface area contributed by atoms with E-state index in [0.29, 0.717) is 0 Å². The molecule has 0 bridgehead atoms. The second-order valence-electron chi connectivity index (χ2n) is 3.29. The number of amidine groups is 1. The average molecular weight is 245 g/mol. The number of benzene rings is 1. The summed E-state index contributed by atoms with van der Waals surface area (Å²) in [5, 5.41) is 8.93. The number of hydrogen-bond acceptors (Lipinski definition) is 2. The first-order valence-corrected chi connectivity index (χ1v) is 4.59. The third kappa shape index (κ3) is 3.78. The van der Waals surface area contributed by atoms with Gasteiger partial charge in [-0.2, -0.15) is 13.2 Å². The highest BCUT2D eigenvalue weighted by Crippen LogP contribution is 2.34. The summed E-state index contributed by atoms with van der Waals surface area (Å²) in [7, 11) is 0.